The first-order valence-electron chi connectivity index (χ1n) is 9.55. The van der Waals surface area contributed by atoms with Crippen molar-refractivity contribution in [1.82, 2.24) is 5.32 Å². The van der Waals surface area contributed by atoms with Crippen LogP contribution in [0.25, 0.3) is 0 Å². The van der Waals surface area contributed by atoms with Gasteiger partial charge in [0.05, 0.1) is 25.7 Å². The van der Waals surface area contributed by atoms with Gasteiger partial charge in [-0.2, -0.15) is 0 Å². The number of hydrogen-bond acceptors (Lipinski definition) is 4. The van der Waals surface area contributed by atoms with Gasteiger partial charge in [-0.1, -0.05) is 42.0 Å². The average Bonchev–Trinajstić information content (AvgIpc) is 2.66. The maximum absolute atomic E-state index is 12.5. The Morgan fingerprint density at radius 1 is 1.07 bits per heavy atom. The number of nitrogens with one attached hydrogen (secondary N) is 1. The zero-order valence-electron chi connectivity index (χ0n) is 17.0. The molecule has 0 heterocycles. The van der Waals surface area contributed by atoms with Crippen molar-refractivity contribution in [2.24, 2.45) is 0 Å². The van der Waals surface area contributed by atoms with Crippen LogP contribution in [0.3, 0.4) is 0 Å². The van der Waals surface area contributed by atoms with Gasteiger partial charge in [-0.25, -0.2) is 0 Å². The Balaban J connectivity index is 2.02. The quantitative estimate of drug-likeness (QED) is 0.661. The van der Waals surface area contributed by atoms with Crippen LogP contribution in [0, 0.1) is 6.92 Å². The number of hydrogen-bond donors (Lipinski definition) is 1. The Hall–Kier alpha value is -2.82. The Bertz CT molecular complexity index is 783. The molecule has 1 unspecified atom stereocenters. The highest BCUT2D eigenvalue weighted by Crippen LogP contribution is 2.20. The summed E-state index contributed by atoms with van der Waals surface area (Å²) in [6, 6.07) is 15.1. The highest BCUT2D eigenvalue weighted by molar-refractivity contribution is 5.78. The molecule has 0 aliphatic rings. The van der Waals surface area contributed by atoms with E-state index in [0.29, 0.717) is 12.8 Å². The van der Waals surface area contributed by atoms with Gasteiger partial charge in [0, 0.05) is 6.42 Å². The molecule has 2 rings (SSSR count). The largest absolute Gasteiger partial charge is 0.497 e. The van der Waals surface area contributed by atoms with Crippen LogP contribution in [0.2, 0.25) is 0 Å². The third kappa shape index (κ3) is 7.06. The molecular weight excluding hydrogens is 354 g/mol. The van der Waals surface area contributed by atoms with Gasteiger partial charge in [-0.15, -0.1) is 0 Å². The Kier molecular flexibility index (Phi) is 8.05. The maximum atomic E-state index is 12.5. The van der Waals surface area contributed by atoms with Crippen molar-refractivity contribution in [3.05, 3.63) is 65.2 Å². The van der Waals surface area contributed by atoms with Gasteiger partial charge in [-0.3, -0.25) is 9.59 Å². The minimum absolute atomic E-state index is 0.103. The second-order valence-corrected chi connectivity index (χ2v) is 7.13. The fourth-order valence-corrected chi connectivity index (χ4v) is 2.88. The van der Waals surface area contributed by atoms with Crippen molar-refractivity contribution >= 4 is 11.9 Å². The van der Waals surface area contributed by atoms with Gasteiger partial charge in [0.1, 0.15) is 5.75 Å². The van der Waals surface area contributed by atoms with Gasteiger partial charge in [0.2, 0.25) is 5.91 Å². The Morgan fingerprint density at radius 3 is 2.43 bits per heavy atom. The molecule has 1 N–H and O–H groups in total. The van der Waals surface area contributed by atoms with E-state index in [9.17, 15) is 9.59 Å². The highest BCUT2D eigenvalue weighted by Gasteiger charge is 2.20. The van der Waals surface area contributed by atoms with Crippen LogP contribution in [0.1, 0.15) is 49.4 Å². The molecule has 1 atom stereocenters. The van der Waals surface area contributed by atoms with Gasteiger partial charge in [0.15, 0.2) is 0 Å². The predicted octanol–water partition coefficient (Wildman–Crippen LogP) is 4.14. The molecule has 0 fully saturated rings. The molecule has 0 aliphatic carbocycles. The lowest BCUT2D eigenvalue weighted by Gasteiger charge is -2.20. The Morgan fingerprint density at radius 2 is 1.79 bits per heavy atom. The van der Waals surface area contributed by atoms with Gasteiger partial charge in [-0.05, 0) is 50.5 Å². The summed E-state index contributed by atoms with van der Waals surface area (Å²) in [7, 11) is 1.62. The fourth-order valence-electron chi connectivity index (χ4n) is 2.88. The van der Waals surface area contributed by atoms with Crippen molar-refractivity contribution in [3.63, 3.8) is 0 Å². The lowest BCUT2D eigenvalue weighted by molar-refractivity contribution is -0.148. The molecule has 0 aromatic heterocycles. The van der Waals surface area contributed by atoms with Crippen molar-refractivity contribution in [2.75, 3.05) is 7.11 Å². The van der Waals surface area contributed by atoms with E-state index < -0.39 is 6.04 Å². The molecule has 2 aromatic carbocycles. The summed E-state index contributed by atoms with van der Waals surface area (Å²) in [5, 5.41) is 2.98. The summed E-state index contributed by atoms with van der Waals surface area (Å²) in [6.45, 7) is 5.62. The summed E-state index contributed by atoms with van der Waals surface area (Å²) in [5.41, 5.74) is 3.04. The number of methoxy groups -OCH3 is 1. The second kappa shape index (κ2) is 10.5. The molecule has 28 heavy (non-hydrogen) atoms. The molecule has 0 radical (unpaired) electrons. The predicted molar refractivity (Wildman–Crippen MR) is 109 cm³/mol. The number of rotatable bonds is 9. The second-order valence-electron chi connectivity index (χ2n) is 7.13. The third-order valence-electron chi connectivity index (χ3n) is 4.33. The van der Waals surface area contributed by atoms with Crippen molar-refractivity contribution in [3.8, 4) is 5.75 Å². The number of esters is 1. The van der Waals surface area contributed by atoms with Crippen LogP contribution in [0.5, 0.6) is 5.75 Å². The first kappa shape index (κ1) is 21.5. The van der Waals surface area contributed by atoms with Crippen LogP contribution >= 0.6 is 0 Å². The van der Waals surface area contributed by atoms with E-state index in [0.717, 1.165) is 22.4 Å². The molecular formula is C23H29NO4. The molecule has 5 heteroatoms. The van der Waals surface area contributed by atoms with Crippen LogP contribution in [0.15, 0.2) is 48.5 Å². The van der Waals surface area contributed by atoms with Crippen LogP contribution in [0.4, 0.5) is 0 Å². The summed E-state index contributed by atoms with van der Waals surface area (Å²) in [6.07, 6.45) is 0.844. The van der Waals surface area contributed by atoms with E-state index in [-0.39, 0.29) is 24.4 Å². The monoisotopic (exact) mass is 383 g/mol. The van der Waals surface area contributed by atoms with Gasteiger partial charge >= 0.3 is 5.97 Å². The molecule has 1 amide bonds. The van der Waals surface area contributed by atoms with E-state index in [2.05, 4.69) is 5.32 Å². The zero-order valence-corrected chi connectivity index (χ0v) is 17.0. The van der Waals surface area contributed by atoms with E-state index in [1.165, 1.54) is 0 Å². The molecule has 150 valence electrons. The molecule has 2 aromatic rings. The minimum atomic E-state index is -0.412. The average molecular weight is 383 g/mol. The molecule has 0 saturated carbocycles. The molecule has 0 aliphatic heterocycles. The van der Waals surface area contributed by atoms with E-state index in [1.54, 1.807) is 7.11 Å². The molecule has 0 bridgehead atoms. The SMILES string of the molecule is COc1cccc(CCC(=O)NC(CC(=O)OC(C)C)c2ccc(C)cc2)c1. The topological polar surface area (TPSA) is 64.6 Å². The van der Waals surface area contributed by atoms with Crippen LogP contribution < -0.4 is 10.1 Å². The van der Waals surface area contributed by atoms with E-state index in [1.807, 2.05) is 69.3 Å². The number of ether oxygens (including phenoxy) is 2. The fraction of sp³-hybridized carbons (Fsp3) is 0.391. The zero-order chi connectivity index (χ0) is 20.5. The normalized spacial score (nSPS) is 11.8. The molecule has 5 nitrogen and oxygen atoms in total. The lowest BCUT2D eigenvalue weighted by atomic mass is 10.0. The van der Waals surface area contributed by atoms with E-state index in [4.69, 9.17) is 9.47 Å². The number of amides is 1. The standard InChI is InChI=1S/C23H29NO4/c1-16(2)28-23(26)15-21(19-11-8-17(3)9-12-19)24-22(25)13-10-18-6-5-7-20(14-18)27-4/h5-9,11-12,14,16,21H,10,13,15H2,1-4H3,(H,24,25). The minimum Gasteiger partial charge on any atom is -0.497 e. The number of aryl methyl sites for hydroxylation is 2. The summed E-state index contributed by atoms with van der Waals surface area (Å²) >= 11 is 0. The smallest absolute Gasteiger partial charge is 0.308 e. The summed E-state index contributed by atoms with van der Waals surface area (Å²) in [5.74, 6) is 0.339. The van der Waals surface area contributed by atoms with Crippen molar-refractivity contribution < 1.29 is 19.1 Å². The number of carbonyl (C=O) groups excluding carboxylic acids is 2. The van der Waals surface area contributed by atoms with Crippen LogP contribution in [-0.4, -0.2) is 25.1 Å². The van der Waals surface area contributed by atoms with Crippen molar-refractivity contribution in [1.29, 1.82) is 0 Å². The maximum Gasteiger partial charge on any atom is 0.308 e. The highest BCUT2D eigenvalue weighted by atomic mass is 16.5. The summed E-state index contributed by atoms with van der Waals surface area (Å²) in [4.78, 5) is 24.7. The molecule has 0 saturated heterocycles. The third-order valence-corrected chi connectivity index (χ3v) is 4.33. The number of carbonyl (C=O) groups is 2. The first-order chi connectivity index (χ1) is 13.4. The Labute approximate surface area is 167 Å². The van der Waals surface area contributed by atoms with Gasteiger partial charge < -0.3 is 14.8 Å². The first-order valence-corrected chi connectivity index (χ1v) is 9.55. The lowest BCUT2D eigenvalue weighted by Crippen LogP contribution is -2.31. The van der Waals surface area contributed by atoms with E-state index >= 15 is 0 Å². The number of benzene rings is 2. The van der Waals surface area contributed by atoms with Gasteiger partial charge in [0.25, 0.3) is 0 Å². The molecule has 0 spiro atoms. The van der Waals surface area contributed by atoms with Crippen LogP contribution in [-0.2, 0) is 20.7 Å². The van der Waals surface area contributed by atoms with Crippen molar-refractivity contribution in [2.45, 2.75) is 52.2 Å². The summed E-state index contributed by atoms with van der Waals surface area (Å²) < 4.78 is 10.5.